The molecule has 0 aliphatic rings. The molecule has 0 saturated heterocycles. The first-order valence-corrected chi connectivity index (χ1v) is 5.54. The zero-order chi connectivity index (χ0) is 11.8. The second kappa shape index (κ2) is 3.67. The first-order valence-electron chi connectivity index (χ1n) is 5.54. The molecule has 1 N–H and O–H groups in total. The lowest BCUT2D eigenvalue weighted by Gasteiger charge is -2.02. The molecule has 0 unspecified atom stereocenters. The van der Waals surface area contributed by atoms with Crippen LogP contribution in [0, 0.1) is 0 Å². The number of allylic oxidation sites excluding steroid dienone is 1. The van der Waals surface area contributed by atoms with Gasteiger partial charge in [0.1, 0.15) is 16.9 Å². The number of furan rings is 1. The van der Waals surface area contributed by atoms with Crippen molar-refractivity contribution in [2.75, 3.05) is 0 Å². The quantitative estimate of drug-likeness (QED) is 0.667. The van der Waals surface area contributed by atoms with Crippen LogP contribution in [0.1, 0.15) is 5.56 Å². The van der Waals surface area contributed by atoms with Crippen LogP contribution >= 0.6 is 0 Å². The van der Waals surface area contributed by atoms with Gasteiger partial charge in [0, 0.05) is 16.3 Å². The van der Waals surface area contributed by atoms with Gasteiger partial charge in [-0.3, -0.25) is 0 Å². The minimum atomic E-state index is 0.295. The van der Waals surface area contributed by atoms with Crippen molar-refractivity contribution in [2.45, 2.75) is 6.42 Å². The summed E-state index contributed by atoms with van der Waals surface area (Å²) in [5.74, 6) is 0.295. The monoisotopic (exact) mass is 224 g/mol. The SMILES string of the molecule is C=CCc1c(O)ccc2oc3ccccc3c12. The van der Waals surface area contributed by atoms with Gasteiger partial charge >= 0.3 is 0 Å². The number of phenols is 1. The Kier molecular flexibility index (Phi) is 2.15. The summed E-state index contributed by atoms with van der Waals surface area (Å²) in [6.07, 6.45) is 2.42. The van der Waals surface area contributed by atoms with Gasteiger partial charge in [0.05, 0.1) is 0 Å². The Hall–Kier alpha value is -2.22. The lowest BCUT2D eigenvalue weighted by molar-refractivity contribution is 0.470. The van der Waals surface area contributed by atoms with Crippen molar-refractivity contribution in [3.8, 4) is 5.75 Å². The fourth-order valence-corrected chi connectivity index (χ4v) is 2.23. The van der Waals surface area contributed by atoms with Crippen molar-refractivity contribution in [2.24, 2.45) is 0 Å². The summed E-state index contributed by atoms with van der Waals surface area (Å²) in [5.41, 5.74) is 2.53. The summed E-state index contributed by atoms with van der Waals surface area (Å²) in [6, 6.07) is 11.3. The van der Waals surface area contributed by atoms with Crippen LogP contribution < -0.4 is 0 Å². The summed E-state index contributed by atoms with van der Waals surface area (Å²) in [6.45, 7) is 3.73. The lowest BCUT2D eigenvalue weighted by atomic mass is 10.0. The Balaban J connectivity index is 2.50. The van der Waals surface area contributed by atoms with Gasteiger partial charge in [0.25, 0.3) is 0 Å². The van der Waals surface area contributed by atoms with Crippen molar-refractivity contribution >= 4 is 21.9 Å². The fraction of sp³-hybridized carbons (Fsp3) is 0.0667. The van der Waals surface area contributed by atoms with Gasteiger partial charge < -0.3 is 9.52 Å². The number of hydrogen-bond donors (Lipinski definition) is 1. The molecule has 0 fully saturated rings. The van der Waals surface area contributed by atoms with Crippen LogP contribution in [0.4, 0.5) is 0 Å². The second-order valence-corrected chi connectivity index (χ2v) is 4.03. The maximum absolute atomic E-state index is 9.93. The number of para-hydroxylation sites is 1. The van der Waals surface area contributed by atoms with Crippen LogP contribution in [0.2, 0.25) is 0 Å². The van der Waals surface area contributed by atoms with E-state index in [1.54, 1.807) is 18.2 Å². The summed E-state index contributed by atoms with van der Waals surface area (Å²) < 4.78 is 5.75. The van der Waals surface area contributed by atoms with Crippen LogP contribution in [0.25, 0.3) is 21.9 Å². The minimum absolute atomic E-state index is 0.295. The third-order valence-corrected chi connectivity index (χ3v) is 2.97. The molecule has 1 heterocycles. The maximum Gasteiger partial charge on any atom is 0.135 e. The number of phenolic OH excluding ortho intramolecular Hbond substituents is 1. The van der Waals surface area contributed by atoms with E-state index in [0.29, 0.717) is 12.2 Å². The topological polar surface area (TPSA) is 33.4 Å². The molecular weight excluding hydrogens is 212 g/mol. The zero-order valence-electron chi connectivity index (χ0n) is 9.31. The van der Waals surface area contributed by atoms with E-state index in [1.165, 1.54) is 0 Å². The Labute approximate surface area is 98.8 Å². The van der Waals surface area contributed by atoms with E-state index < -0.39 is 0 Å². The Morgan fingerprint density at radius 3 is 2.76 bits per heavy atom. The van der Waals surface area contributed by atoms with Gasteiger partial charge in [-0.15, -0.1) is 6.58 Å². The maximum atomic E-state index is 9.93. The van der Waals surface area contributed by atoms with Gasteiger partial charge in [-0.05, 0) is 24.6 Å². The van der Waals surface area contributed by atoms with Crippen LogP contribution in [0.3, 0.4) is 0 Å². The molecule has 2 nitrogen and oxygen atoms in total. The summed E-state index contributed by atoms with van der Waals surface area (Å²) in [4.78, 5) is 0. The Morgan fingerprint density at radius 1 is 1.12 bits per heavy atom. The molecule has 0 radical (unpaired) electrons. The van der Waals surface area contributed by atoms with Gasteiger partial charge in [0.15, 0.2) is 0 Å². The number of fused-ring (bicyclic) bond motifs is 3. The lowest BCUT2D eigenvalue weighted by Crippen LogP contribution is -1.83. The molecule has 0 saturated carbocycles. The number of benzene rings is 2. The molecular formula is C15H12O2. The highest BCUT2D eigenvalue weighted by Crippen LogP contribution is 2.35. The molecule has 84 valence electrons. The standard InChI is InChI=1S/C15H12O2/c1-2-5-10-12(16)8-9-14-15(10)11-6-3-4-7-13(11)17-14/h2-4,6-9,16H,1,5H2. The molecule has 0 atom stereocenters. The average molecular weight is 224 g/mol. The van der Waals surface area contributed by atoms with Crippen molar-refractivity contribution in [3.05, 3.63) is 54.6 Å². The zero-order valence-corrected chi connectivity index (χ0v) is 9.31. The predicted octanol–water partition coefficient (Wildman–Crippen LogP) is 4.02. The van der Waals surface area contributed by atoms with E-state index in [1.807, 2.05) is 24.3 Å². The van der Waals surface area contributed by atoms with E-state index in [-0.39, 0.29) is 0 Å². The predicted molar refractivity (Wildman–Crippen MR) is 69.3 cm³/mol. The molecule has 0 spiro atoms. The van der Waals surface area contributed by atoms with Crippen molar-refractivity contribution in [1.82, 2.24) is 0 Å². The molecule has 0 aliphatic heterocycles. The van der Waals surface area contributed by atoms with Crippen molar-refractivity contribution in [1.29, 1.82) is 0 Å². The highest BCUT2D eigenvalue weighted by molar-refractivity contribution is 6.07. The molecule has 0 aliphatic carbocycles. The van der Waals surface area contributed by atoms with Crippen molar-refractivity contribution in [3.63, 3.8) is 0 Å². The third kappa shape index (κ3) is 1.41. The van der Waals surface area contributed by atoms with E-state index in [0.717, 1.165) is 27.5 Å². The summed E-state index contributed by atoms with van der Waals surface area (Å²) in [5, 5.41) is 12.0. The van der Waals surface area contributed by atoms with Gasteiger partial charge in [-0.2, -0.15) is 0 Å². The molecule has 3 rings (SSSR count). The average Bonchev–Trinajstić information content (AvgIpc) is 2.72. The van der Waals surface area contributed by atoms with Gasteiger partial charge in [0.2, 0.25) is 0 Å². The van der Waals surface area contributed by atoms with Crippen LogP contribution in [-0.4, -0.2) is 5.11 Å². The number of rotatable bonds is 2. The summed E-state index contributed by atoms with van der Waals surface area (Å²) in [7, 11) is 0. The number of aromatic hydroxyl groups is 1. The van der Waals surface area contributed by atoms with Gasteiger partial charge in [-0.25, -0.2) is 0 Å². The molecule has 0 amide bonds. The van der Waals surface area contributed by atoms with E-state index in [4.69, 9.17) is 4.42 Å². The second-order valence-electron chi connectivity index (χ2n) is 4.03. The Morgan fingerprint density at radius 2 is 1.94 bits per heavy atom. The third-order valence-electron chi connectivity index (χ3n) is 2.97. The highest BCUT2D eigenvalue weighted by Gasteiger charge is 2.12. The van der Waals surface area contributed by atoms with Crippen LogP contribution in [0.15, 0.2) is 53.5 Å². The molecule has 17 heavy (non-hydrogen) atoms. The van der Waals surface area contributed by atoms with E-state index >= 15 is 0 Å². The summed E-state index contributed by atoms with van der Waals surface area (Å²) >= 11 is 0. The van der Waals surface area contributed by atoms with Gasteiger partial charge in [-0.1, -0.05) is 24.3 Å². The molecule has 2 aromatic carbocycles. The van der Waals surface area contributed by atoms with Crippen molar-refractivity contribution < 1.29 is 9.52 Å². The fourth-order valence-electron chi connectivity index (χ4n) is 2.23. The molecule has 1 aromatic heterocycles. The number of hydrogen-bond acceptors (Lipinski definition) is 2. The molecule has 3 aromatic rings. The first-order chi connectivity index (χ1) is 8.31. The molecule has 0 bridgehead atoms. The van der Waals surface area contributed by atoms with Crippen LogP contribution in [0.5, 0.6) is 5.75 Å². The first kappa shape index (κ1) is 9.97. The minimum Gasteiger partial charge on any atom is -0.508 e. The normalized spacial score (nSPS) is 11.1. The largest absolute Gasteiger partial charge is 0.508 e. The van der Waals surface area contributed by atoms with E-state index in [9.17, 15) is 5.11 Å². The Bertz CT molecular complexity index is 707. The smallest absolute Gasteiger partial charge is 0.135 e. The molecule has 2 heteroatoms. The highest BCUT2D eigenvalue weighted by atomic mass is 16.3. The van der Waals surface area contributed by atoms with E-state index in [2.05, 4.69) is 6.58 Å². The van der Waals surface area contributed by atoms with Crippen LogP contribution in [-0.2, 0) is 6.42 Å².